The molecule has 0 atom stereocenters. The third-order valence-electron chi connectivity index (χ3n) is 6.35. The second-order valence-electron chi connectivity index (χ2n) is 10.3. The highest BCUT2D eigenvalue weighted by atomic mass is 32.2. The van der Waals surface area contributed by atoms with E-state index in [1.807, 2.05) is 6.07 Å². The number of sulfonamides is 1. The minimum atomic E-state index is -4.11. The molecule has 0 fully saturated rings. The molecule has 10 heteroatoms. The fourth-order valence-electron chi connectivity index (χ4n) is 4.14. The molecule has 216 valence electrons. The summed E-state index contributed by atoms with van der Waals surface area (Å²) in [6.07, 6.45) is 1.52. The Labute approximate surface area is 237 Å². The molecule has 4 rings (SSSR count). The van der Waals surface area contributed by atoms with Crippen LogP contribution in [0.25, 0.3) is 22.1 Å². The smallest absolute Gasteiger partial charge is 0.310 e. The number of benzene rings is 3. The maximum atomic E-state index is 16.0. The summed E-state index contributed by atoms with van der Waals surface area (Å²) in [6.45, 7) is 5.14. The molecule has 41 heavy (non-hydrogen) atoms. The van der Waals surface area contributed by atoms with Crippen molar-refractivity contribution in [3.05, 3.63) is 89.4 Å². The summed E-state index contributed by atoms with van der Waals surface area (Å²) in [5.74, 6) is -0.692. The van der Waals surface area contributed by atoms with Gasteiger partial charge in [0, 0.05) is 27.6 Å². The Kier molecular flexibility index (Phi) is 8.92. The second kappa shape index (κ2) is 12.2. The molecule has 0 spiro atoms. The summed E-state index contributed by atoms with van der Waals surface area (Å²) in [7, 11) is -4.11. The maximum Gasteiger partial charge on any atom is 0.310 e. The number of alkyl halides is 1. The van der Waals surface area contributed by atoms with Gasteiger partial charge in [-0.2, -0.15) is 4.40 Å². The first kappa shape index (κ1) is 29.9. The van der Waals surface area contributed by atoms with Crippen LogP contribution in [0.15, 0.2) is 75.7 Å². The van der Waals surface area contributed by atoms with Gasteiger partial charge in [0.05, 0.1) is 29.7 Å². The normalized spacial score (nSPS) is 12.5. The fourth-order valence-corrected chi connectivity index (χ4v) is 4.85. The third kappa shape index (κ3) is 6.65. The summed E-state index contributed by atoms with van der Waals surface area (Å²) < 4.78 is 74.3. The number of esters is 1. The lowest BCUT2D eigenvalue weighted by molar-refractivity contribution is -0.142. The lowest BCUT2D eigenvalue weighted by Gasteiger charge is -2.17. The maximum absolute atomic E-state index is 16.0. The first-order valence-corrected chi connectivity index (χ1v) is 14.4. The molecule has 0 aliphatic carbocycles. The number of hydrogen-bond acceptors (Lipinski definition) is 6. The number of rotatable bonds is 10. The molecule has 1 heterocycles. The lowest BCUT2D eigenvalue weighted by Crippen LogP contribution is -2.27. The van der Waals surface area contributed by atoms with Crippen molar-refractivity contribution >= 4 is 32.7 Å². The van der Waals surface area contributed by atoms with Gasteiger partial charge in [-0.05, 0) is 57.5 Å². The third-order valence-corrected chi connectivity index (χ3v) is 8.36. The van der Waals surface area contributed by atoms with Crippen LogP contribution in [0.3, 0.4) is 0 Å². The van der Waals surface area contributed by atoms with Crippen molar-refractivity contribution in [3.63, 3.8) is 0 Å². The highest BCUT2D eigenvalue weighted by molar-refractivity contribution is 7.91. The van der Waals surface area contributed by atoms with Crippen molar-refractivity contribution in [2.45, 2.75) is 45.5 Å². The van der Waals surface area contributed by atoms with Gasteiger partial charge >= 0.3 is 5.97 Å². The van der Waals surface area contributed by atoms with Crippen LogP contribution in [-0.2, 0) is 32.6 Å². The van der Waals surface area contributed by atoms with Gasteiger partial charge in [0.25, 0.3) is 10.0 Å². The van der Waals surface area contributed by atoms with E-state index >= 15 is 4.39 Å². The molecule has 0 saturated heterocycles. The Hall–Kier alpha value is -4.05. The predicted molar refractivity (Wildman–Crippen MR) is 154 cm³/mol. The molecule has 1 aromatic heterocycles. The number of para-hydroxylation sites is 1. The number of fused-ring (bicyclic) bond motifs is 1. The molecule has 4 aromatic rings. The second-order valence-corrected chi connectivity index (χ2v) is 12.6. The van der Waals surface area contributed by atoms with E-state index in [4.69, 9.17) is 13.9 Å². The number of carbonyl (C=O) groups excluding carboxylic acids is 1. The summed E-state index contributed by atoms with van der Waals surface area (Å²) in [6, 6.07) is 16.7. The molecule has 7 nitrogen and oxygen atoms in total. The van der Waals surface area contributed by atoms with E-state index in [9.17, 15) is 17.6 Å². The predicted octanol–water partition coefficient (Wildman–Crippen LogP) is 6.81. The lowest BCUT2D eigenvalue weighted by atomic mass is 9.97. The topological polar surface area (TPSA) is 95.2 Å². The Morgan fingerprint density at radius 1 is 1.02 bits per heavy atom. The van der Waals surface area contributed by atoms with Crippen LogP contribution in [0.5, 0.6) is 5.75 Å². The molecule has 0 bridgehead atoms. The van der Waals surface area contributed by atoms with Crippen LogP contribution < -0.4 is 4.74 Å². The van der Waals surface area contributed by atoms with Crippen LogP contribution in [-0.4, -0.2) is 38.1 Å². The molecule has 0 aliphatic rings. The summed E-state index contributed by atoms with van der Waals surface area (Å²) in [4.78, 5) is 12.0. The minimum absolute atomic E-state index is 0.0530. The van der Waals surface area contributed by atoms with Gasteiger partial charge in [0.2, 0.25) is 0 Å². The average molecular weight is 584 g/mol. The number of furan rings is 1. The van der Waals surface area contributed by atoms with Crippen molar-refractivity contribution in [1.82, 2.24) is 0 Å². The van der Waals surface area contributed by atoms with E-state index in [-0.39, 0.29) is 36.7 Å². The number of ether oxygens (including phenoxy) is 2. The van der Waals surface area contributed by atoms with E-state index in [2.05, 4.69) is 4.40 Å². The first-order valence-electron chi connectivity index (χ1n) is 13.0. The van der Waals surface area contributed by atoms with E-state index in [1.165, 1.54) is 45.2 Å². The summed E-state index contributed by atoms with van der Waals surface area (Å²) in [5.41, 5.74) is 1.42. The standard InChI is InChI=1S/C31H31F2NO6S/c1-5-38-28(35)17-21-9-6-7-12-27(21)40-19-20-15-22-13-14-39-30(22)25(16-20)23-10-8-11-24(29(23)33)26(18-32)34-41(36,37)31(2,3)4/h6-16H,5,17-19H2,1-4H3. The zero-order valence-corrected chi connectivity index (χ0v) is 24.1. The number of halogens is 2. The molecule has 3 aromatic carbocycles. The molecule has 0 radical (unpaired) electrons. The van der Waals surface area contributed by atoms with E-state index in [0.29, 0.717) is 33.4 Å². The number of carbonyl (C=O) groups is 1. The van der Waals surface area contributed by atoms with E-state index < -0.39 is 33.0 Å². The van der Waals surface area contributed by atoms with E-state index in [1.54, 1.807) is 43.3 Å². The van der Waals surface area contributed by atoms with Gasteiger partial charge in [-0.3, -0.25) is 4.79 Å². The van der Waals surface area contributed by atoms with Crippen molar-refractivity contribution in [1.29, 1.82) is 0 Å². The molecular formula is C31H31F2NO6S. The minimum Gasteiger partial charge on any atom is -0.489 e. The van der Waals surface area contributed by atoms with Crippen molar-refractivity contribution in [2.24, 2.45) is 4.40 Å². The molecular weight excluding hydrogens is 552 g/mol. The zero-order valence-electron chi connectivity index (χ0n) is 23.2. The number of hydrogen-bond donors (Lipinski definition) is 0. The quantitative estimate of drug-likeness (QED) is 0.150. The zero-order chi connectivity index (χ0) is 29.8. The largest absolute Gasteiger partial charge is 0.489 e. The molecule has 0 saturated carbocycles. The van der Waals surface area contributed by atoms with Gasteiger partial charge < -0.3 is 13.9 Å². The monoisotopic (exact) mass is 583 g/mol. The van der Waals surface area contributed by atoms with Crippen LogP contribution >= 0.6 is 0 Å². The van der Waals surface area contributed by atoms with Gasteiger partial charge in [-0.15, -0.1) is 0 Å². The number of nitrogens with zero attached hydrogens (tertiary/aromatic N) is 1. The van der Waals surface area contributed by atoms with Crippen LogP contribution in [0.4, 0.5) is 8.78 Å². The van der Waals surface area contributed by atoms with Gasteiger partial charge in [-0.25, -0.2) is 17.2 Å². The highest BCUT2D eigenvalue weighted by Crippen LogP contribution is 2.35. The van der Waals surface area contributed by atoms with Crippen molar-refractivity contribution < 1.29 is 35.9 Å². The van der Waals surface area contributed by atoms with Gasteiger partial charge in [-0.1, -0.05) is 36.4 Å². The Balaban J connectivity index is 1.72. The van der Waals surface area contributed by atoms with Crippen LogP contribution in [0.1, 0.15) is 44.4 Å². The molecule has 0 aliphatic heterocycles. The van der Waals surface area contributed by atoms with Crippen LogP contribution in [0.2, 0.25) is 0 Å². The van der Waals surface area contributed by atoms with E-state index in [0.717, 1.165) is 0 Å². The average Bonchev–Trinajstić information content (AvgIpc) is 3.39. The highest BCUT2D eigenvalue weighted by Gasteiger charge is 2.30. The van der Waals surface area contributed by atoms with Crippen molar-refractivity contribution in [2.75, 3.05) is 13.3 Å². The molecule has 0 unspecified atom stereocenters. The molecule has 0 amide bonds. The van der Waals surface area contributed by atoms with Crippen LogP contribution in [0, 0.1) is 5.82 Å². The fraction of sp³-hybridized carbons (Fsp3) is 0.290. The summed E-state index contributed by atoms with van der Waals surface area (Å²) >= 11 is 0. The summed E-state index contributed by atoms with van der Waals surface area (Å²) in [5, 5.41) is 0.681. The van der Waals surface area contributed by atoms with Gasteiger partial charge in [0.1, 0.15) is 30.4 Å². The van der Waals surface area contributed by atoms with Crippen molar-refractivity contribution in [3.8, 4) is 16.9 Å². The Morgan fingerprint density at radius 2 is 1.78 bits per heavy atom. The Morgan fingerprint density at radius 3 is 2.49 bits per heavy atom. The Bertz CT molecular complexity index is 1700. The SMILES string of the molecule is CCOC(=O)Cc1ccccc1OCc1cc(-c2cccc(C(CF)=NS(=O)(=O)C(C)(C)C)c2F)c2occc2c1. The first-order chi connectivity index (χ1) is 19.4. The van der Waals surface area contributed by atoms with Gasteiger partial charge in [0.15, 0.2) is 0 Å². The molecule has 0 N–H and O–H groups in total.